The number of amides is 1. The molecule has 0 saturated carbocycles. The number of nitrogens with zero attached hydrogens (tertiary/aromatic N) is 2. The van der Waals surface area contributed by atoms with Crippen LogP contribution in [0, 0.1) is 17.2 Å². The first-order chi connectivity index (χ1) is 10.2. The van der Waals surface area contributed by atoms with E-state index in [2.05, 4.69) is 6.07 Å². The lowest BCUT2D eigenvalue weighted by atomic mass is 9.97. The summed E-state index contributed by atoms with van der Waals surface area (Å²) in [5, 5.41) is 9.38. The van der Waals surface area contributed by atoms with Crippen LogP contribution in [0.25, 0.3) is 0 Å². The Labute approximate surface area is 126 Å². The van der Waals surface area contributed by atoms with Gasteiger partial charge in [0.15, 0.2) is 0 Å². The minimum Gasteiger partial charge on any atom is -0.375 e. The zero-order valence-electron chi connectivity index (χ0n) is 12.7. The molecule has 4 nitrogen and oxygen atoms in total. The molecule has 1 fully saturated rings. The van der Waals surface area contributed by atoms with Crippen LogP contribution in [-0.4, -0.2) is 36.1 Å². The summed E-state index contributed by atoms with van der Waals surface area (Å²) in [4.78, 5) is 14.5. The molecule has 0 spiro atoms. The van der Waals surface area contributed by atoms with Gasteiger partial charge in [-0.3, -0.25) is 4.79 Å². The molecule has 1 amide bonds. The summed E-state index contributed by atoms with van der Waals surface area (Å²) in [6.07, 6.45) is 1.35. The molecule has 0 N–H and O–H groups in total. The van der Waals surface area contributed by atoms with E-state index >= 15 is 0 Å². The number of nitriles is 1. The normalized spacial score (nSPS) is 23.4. The van der Waals surface area contributed by atoms with Crippen molar-refractivity contribution in [3.05, 3.63) is 35.9 Å². The van der Waals surface area contributed by atoms with Crippen molar-refractivity contribution in [1.29, 1.82) is 5.26 Å². The lowest BCUT2D eigenvalue weighted by Crippen LogP contribution is -2.53. The molecule has 1 aromatic carbocycles. The first kappa shape index (κ1) is 15.5. The van der Waals surface area contributed by atoms with E-state index in [0.29, 0.717) is 19.6 Å². The fourth-order valence-corrected chi connectivity index (χ4v) is 2.69. The standard InChI is InChI=1S/C17H22N2O2/c1-3-16-12-21-13(2)11-19(16)17(20)15(10-18)9-14-7-5-4-6-8-14/h4-8,13,15-16H,3,9,11-12H2,1-2H3. The second-order valence-electron chi connectivity index (χ2n) is 5.57. The van der Waals surface area contributed by atoms with Crippen molar-refractivity contribution >= 4 is 5.91 Å². The number of hydrogen-bond acceptors (Lipinski definition) is 3. The molecule has 112 valence electrons. The molecule has 1 heterocycles. The highest BCUT2D eigenvalue weighted by Crippen LogP contribution is 2.19. The van der Waals surface area contributed by atoms with Crippen molar-refractivity contribution in [3.8, 4) is 6.07 Å². The number of hydrogen-bond donors (Lipinski definition) is 0. The molecular weight excluding hydrogens is 264 g/mol. The maximum absolute atomic E-state index is 12.7. The maximum Gasteiger partial charge on any atom is 0.240 e. The third kappa shape index (κ3) is 3.83. The van der Waals surface area contributed by atoms with Crippen molar-refractivity contribution in [2.75, 3.05) is 13.2 Å². The summed E-state index contributed by atoms with van der Waals surface area (Å²) in [5.74, 6) is -0.685. The van der Waals surface area contributed by atoms with Gasteiger partial charge in [0, 0.05) is 6.54 Å². The summed E-state index contributed by atoms with van der Waals surface area (Å²) >= 11 is 0. The Hall–Kier alpha value is -1.86. The highest BCUT2D eigenvalue weighted by molar-refractivity contribution is 5.82. The van der Waals surface area contributed by atoms with Crippen LogP contribution in [0.1, 0.15) is 25.8 Å². The summed E-state index contributed by atoms with van der Waals surface area (Å²) in [7, 11) is 0. The van der Waals surface area contributed by atoms with Crippen LogP contribution in [0.2, 0.25) is 0 Å². The van der Waals surface area contributed by atoms with Crippen molar-refractivity contribution in [2.24, 2.45) is 5.92 Å². The summed E-state index contributed by atoms with van der Waals surface area (Å²) in [5.41, 5.74) is 1.02. The smallest absolute Gasteiger partial charge is 0.240 e. The van der Waals surface area contributed by atoms with Gasteiger partial charge >= 0.3 is 0 Å². The topological polar surface area (TPSA) is 53.3 Å². The first-order valence-corrected chi connectivity index (χ1v) is 7.51. The van der Waals surface area contributed by atoms with E-state index in [9.17, 15) is 10.1 Å². The Kier molecular flexibility index (Phi) is 5.35. The predicted molar refractivity (Wildman–Crippen MR) is 80.5 cm³/mol. The monoisotopic (exact) mass is 286 g/mol. The number of carbonyl (C=O) groups is 1. The first-order valence-electron chi connectivity index (χ1n) is 7.51. The van der Waals surface area contributed by atoms with E-state index in [-0.39, 0.29) is 18.1 Å². The van der Waals surface area contributed by atoms with Gasteiger partial charge in [-0.1, -0.05) is 37.3 Å². The minimum absolute atomic E-state index is 0.0350. The summed E-state index contributed by atoms with van der Waals surface area (Å²) in [6, 6.07) is 12.0. The molecule has 3 atom stereocenters. The quantitative estimate of drug-likeness (QED) is 0.854. The molecule has 0 radical (unpaired) electrons. The van der Waals surface area contributed by atoms with Gasteiger partial charge in [0.2, 0.25) is 5.91 Å². The molecule has 4 heteroatoms. The van der Waals surface area contributed by atoms with Gasteiger partial charge in [-0.25, -0.2) is 0 Å². The molecule has 21 heavy (non-hydrogen) atoms. The number of carbonyl (C=O) groups excluding carboxylic acids is 1. The largest absolute Gasteiger partial charge is 0.375 e. The Morgan fingerprint density at radius 1 is 1.48 bits per heavy atom. The summed E-state index contributed by atoms with van der Waals surface area (Å²) < 4.78 is 5.62. The molecule has 1 saturated heterocycles. The van der Waals surface area contributed by atoms with E-state index in [1.54, 1.807) is 0 Å². The van der Waals surface area contributed by atoms with E-state index in [1.807, 2.05) is 49.1 Å². The van der Waals surface area contributed by atoms with E-state index < -0.39 is 5.92 Å². The van der Waals surface area contributed by atoms with Crippen LogP contribution in [-0.2, 0) is 16.0 Å². The Morgan fingerprint density at radius 3 is 2.81 bits per heavy atom. The molecule has 0 aromatic heterocycles. The van der Waals surface area contributed by atoms with E-state index in [0.717, 1.165) is 12.0 Å². The lowest BCUT2D eigenvalue weighted by Gasteiger charge is -2.39. The lowest BCUT2D eigenvalue weighted by molar-refractivity contribution is -0.146. The SMILES string of the molecule is CCC1COC(C)CN1C(=O)C(C#N)Cc1ccccc1. The molecule has 3 unspecified atom stereocenters. The van der Waals surface area contributed by atoms with Crippen LogP contribution >= 0.6 is 0 Å². The van der Waals surface area contributed by atoms with Gasteiger partial charge in [0.1, 0.15) is 5.92 Å². The molecule has 2 rings (SSSR count). The van der Waals surface area contributed by atoms with Gasteiger partial charge in [-0.05, 0) is 25.3 Å². The fourth-order valence-electron chi connectivity index (χ4n) is 2.69. The highest BCUT2D eigenvalue weighted by atomic mass is 16.5. The third-order valence-corrected chi connectivity index (χ3v) is 3.96. The Bertz CT molecular complexity index is 509. The number of rotatable bonds is 4. The zero-order chi connectivity index (χ0) is 15.2. The van der Waals surface area contributed by atoms with Crippen molar-refractivity contribution in [3.63, 3.8) is 0 Å². The second-order valence-corrected chi connectivity index (χ2v) is 5.57. The zero-order valence-corrected chi connectivity index (χ0v) is 12.7. The van der Waals surface area contributed by atoms with Crippen molar-refractivity contribution in [2.45, 2.75) is 38.8 Å². The number of morpholine rings is 1. The number of benzene rings is 1. The van der Waals surface area contributed by atoms with Crippen molar-refractivity contribution < 1.29 is 9.53 Å². The minimum atomic E-state index is -0.619. The highest BCUT2D eigenvalue weighted by Gasteiger charge is 2.33. The molecule has 1 aromatic rings. The predicted octanol–water partition coefficient (Wildman–Crippen LogP) is 2.39. The van der Waals surface area contributed by atoms with Crippen LogP contribution < -0.4 is 0 Å². The molecule has 0 bridgehead atoms. The van der Waals surface area contributed by atoms with E-state index in [1.165, 1.54) is 0 Å². The van der Waals surface area contributed by atoms with Crippen LogP contribution in [0.5, 0.6) is 0 Å². The van der Waals surface area contributed by atoms with Gasteiger partial charge in [-0.2, -0.15) is 5.26 Å². The van der Waals surface area contributed by atoms with Crippen LogP contribution in [0.4, 0.5) is 0 Å². The van der Waals surface area contributed by atoms with Crippen LogP contribution in [0.3, 0.4) is 0 Å². The average molecular weight is 286 g/mol. The van der Waals surface area contributed by atoms with E-state index in [4.69, 9.17) is 4.74 Å². The van der Waals surface area contributed by atoms with Crippen molar-refractivity contribution in [1.82, 2.24) is 4.90 Å². The Morgan fingerprint density at radius 2 is 2.19 bits per heavy atom. The second kappa shape index (κ2) is 7.24. The maximum atomic E-state index is 12.7. The molecule has 1 aliphatic rings. The van der Waals surface area contributed by atoms with Crippen LogP contribution in [0.15, 0.2) is 30.3 Å². The molecular formula is C17H22N2O2. The van der Waals surface area contributed by atoms with Gasteiger partial charge in [-0.15, -0.1) is 0 Å². The summed E-state index contributed by atoms with van der Waals surface area (Å²) in [6.45, 7) is 5.14. The molecule has 1 aliphatic heterocycles. The van der Waals surface area contributed by atoms with Gasteiger partial charge in [0.05, 0.1) is 24.8 Å². The Balaban J connectivity index is 2.10. The molecule has 0 aliphatic carbocycles. The fraction of sp³-hybridized carbons (Fsp3) is 0.529. The van der Waals surface area contributed by atoms with Gasteiger partial charge in [0.25, 0.3) is 0 Å². The van der Waals surface area contributed by atoms with Gasteiger partial charge < -0.3 is 9.64 Å². The third-order valence-electron chi connectivity index (χ3n) is 3.96. The average Bonchev–Trinajstić information content (AvgIpc) is 2.53. The number of ether oxygens (including phenoxy) is 1.